The molecule has 1 saturated carbocycles. The molecule has 0 radical (unpaired) electrons. The van der Waals surface area contributed by atoms with Crippen LogP contribution in [0.3, 0.4) is 0 Å². The second-order valence-electron chi connectivity index (χ2n) is 7.53. The molecule has 7 nitrogen and oxygen atoms in total. The lowest BCUT2D eigenvalue weighted by molar-refractivity contribution is -0.120. The molecule has 1 atom stereocenters. The van der Waals surface area contributed by atoms with Gasteiger partial charge in [0.25, 0.3) is 6.43 Å². The third kappa shape index (κ3) is 6.76. The Balaban J connectivity index is 1.47. The van der Waals surface area contributed by atoms with Crippen molar-refractivity contribution in [2.45, 2.75) is 64.2 Å². The summed E-state index contributed by atoms with van der Waals surface area (Å²) in [6.07, 6.45) is 2.67. The van der Waals surface area contributed by atoms with Crippen molar-refractivity contribution in [2.75, 3.05) is 13.2 Å². The second-order valence-corrected chi connectivity index (χ2v) is 7.53. The van der Waals surface area contributed by atoms with Crippen LogP contribution in [0.25, 0.3) is 10.9 Å². The number of ether oxygens (including phenoxy) is 3. The van der Waals surface area contributed by atoms with E-state index in [1.54, 1.807) is 24.4 Å². The Labute approximate surface area is 174 Å². The van der Waals surface area contributed by atoms with E-state index in [9.17, 15) is 13.6 Å². The van der Waals surface area contributed by atoms with Crippen LogP contribution in [0, 0.1) is 0 Å². The van der Waals surface area contributed by atoms with Crippen molar-refractivity contribution < 1.29 is 27.8 Å². The van der Waals surface area contributed by atoms with Crippen LogP contribution < -0.4 is 14.8 Å². The number of carbonyl (C=O) groups is 1. The van der Waals surface area contributed by atoms with Gasteiger partial charge in [0.2, 0.25) is 5.91 Å². The van der Waals surface area contributed by atoms with Gasteiger partial charge in [-0.1, -0.05) is 0 Å². The number of benzene rings is 1. The molecule has 1 fully saturated rings. The summed E-state index contributed by atoms with van der Waals surface area (Å²) >= 11 is 0. The van der Waals surface area contributed by atoms with Gasteiger partial charge in [-0.05, 0) is 50.8 Å². The highest BCUT2D eigenvalue weighted by molar-refractivity contribution is 5.79. The van der Waals surface area contributed by atoms with Gasteiger partial charge in [-0.3, -0.25) is 4.79 Å². The number of rotatable bonds is 9. The van der Waals surface area contributed by atoms with E-state index in [1.807, 2.05) is 6.92 Å². The second kappa shape index (κ2) is 10.5. The summed E-state index contributed by atoms with van der Waals surface area (Å²) in [5.41, 5.74) is 0.661. The van der Waals surface area contributed by atoms with E-state index in [-0.39, 0.29) is 24.2 Å². The molecule has 0 aliphatic heterocycles. The standard InChI is InChI=1S/C21H27F2N3O4/c1-13(25-14(2)27)11-28-16-3-5-17(6-4-16)30-21-24-10-15-9-18(29-12-20(22)23)7-8-19(15)26-21/h7-10,13,16-17,20H,3-6,11-12H2,1-2H3,(H,25,27)/t13-,16?,17?/m0/s1. The average molecular weight is 423 g/mol. The van der Waals surface area contributed by atoms with E-state index in [4.69, 9.17) is 14.2 Å². The van der Waals surface area contributed by atoms with Crippen LogP contribution >= 0.6 is 0 Å². The van der Waals surface area contributed by atoms with Crippen molar-refractivity contribution in [3.05, 3.63) is 24.4 Å². The molecular weight excluding hydrogens is 396 g/mol. The maximum Gasteiger partial charge on any atom is 0.317 e. The summed E-state index contributed by atoms with van der Waals surface area (Å²) in [6.45, 7) is 3.26. The van der Waals surface area contributed by atoms with Crippen LogP contribution in [0.15, 0.2) is 24.4 Å². The Morgan fingerprint density at radius 3 is 2.63 bits per heavy atom. The third-order valence-electron chi connectivity index (χ3n) is 4.83. The van der Waals surface area contributed by atoms with Crippen LogP contribution in [-0.2, 0) is 9.53 Å². The van der Waals surface area contributed by atoms with Gasteiger partial charge in [0, 0.05) is 24.5 Å². The molecule has 0 saturated heterocycles. The summed E-state index contributed by atoms with van der Waals surface area (Å²) in [7, 11) is 0. The minimum absolute atomic E-state index is 0.0104. The van der Waals surface area contributed by atoms with Crippen molar-refractivity contribution >= 4 is 16.8 Å². The Morgan fingerprint density at radius 2 is 1.93 bits per heavy atom. The number of fused-ring (bicyclic) bond motifs is 1. The van der Waals surface area contributed by atoms with E-state index < -0.39 is 13.0 Å². The largest absolute Gasteiger partial charge is 0.488 e. The zero-order valence-electron chi connectivity index (χ0n) is 17.1. The highest BCUT2D eigenvalue weighted by Crippen LogP contribution is 2.26. The monoisotopic (exact) mass is 423 g/mol. The van der Waals surface area contributed by atoms with Gasteiger partial charge >= 0.3 is 6.01 Å². The first kappa shape index (κ1) is 22.1. The van der Waals surface area contributed by atoms with E-state index in [0.29, 0.717) is 29.3 Å². The summed E-state index contributed by atoms with van der Waals surface area (Å²) in [5.74, 6) is 0.293. The van der Waals surface area contributed by atoms with Gasteiger partial charge in [0.1, 0.15) is 18.5 Å². The highest BCUT2D eigenvalue weighted by atomic mass is 19.3. The number of nitrogens with one attached hydrogen (secondary N) is 1. The summed E-state index contributed by atoms with van der Waals surface area (Å²) in [4.78, 5) is 19.7. The smallest absolute Gasteiger partial charge is 0.317 e. The Bertz CT molecular complexity index is 844. The first-order valence-corrected chi connectivity index (χ1v) is 10.1. The maximum atomic E-state index is 12.3. The van der Waals surface area contributed by atoms with Crippen LogP contribution in [0.1, 0.15) is 39.5 Å². The average Bonchev–Trinajstić information content (AvgIpc) is 2.71. The molecule has 1 aliphatic carbocycles. The molecule has 0 unspecified atom stereocenters. The molecule has 30 heavy (non-hydrogen) atoms. The van der Waals surface area contributed by atoms with E-state index in [2.05, 4.69) is 15.3 Å². The van der Waals surface area contributed by atoms with Crippen LogP contribution in [0.4, 0.5) is 8.78 Å². The molecule has 1 N–H and O–H groups in total. The molecule has 0 spiro atoms. The Hall–Kier alpha value is -2.55. The molecule has 2 aromatic rings. The number of hydrogen-bond donors (Lipinski definition) is 1. The zero-order chi connectivity index (χ0) is 21.5. The number of hydrogen-bond acceptors (Lipinski definition) is 6. The first-order chi connectivity index (χ1) is 14.4. The SMILES string of the molecule is CC(=O)N[C@@H](C)COC1CCC(Oc2ncc3cc(OCC(F)F)ccc3n2)CC1. The molecular formula is C21H27F2N3O4. The van der Waals surface area contributed by atoms with Gasteiger partial charge in [0.15, 0.2) is 0 Å². The summed E-state index contributed by atoms with van der Waals surface area (Å²) in [6, 6.07) is 5.22. The van der Waals surface area contributed by atoms with Gasteiger partial charge in [-0.2, -0.15) is 4.98 Å². The number of aromatic nitrogens is 2. The lowest BCUT2D eigenvalue weighted by atomic mass is 9.95. The van der Waals surface area contributed by atoms with Gasteiger partial charge in [-0.25, -0.2) is 13.8 Å². The Morgan fingerprint density at radius 1 is 1.20 bits per heavy atom. The molecule has 1 amide bonds. The number of carbonyl (C=O) groups excluding carboxylic acids is 1. The number of nitrogens with zero attached hydrogens (tertiary/aromatic N) is 2. The lowest BCUT2D eigenvalue weighted by Gasteiger charge is -2.29. The molecule has 3 rings (SSSR count). The minimum atomic E-state index is -2.52. The van der Waals surface area contributed by atoms with E-state index >= 15 is 0 Å². The molecule has 9 heteroatoms. The topological polar surface area (TPSA) is 82.6 Å². The minimum Gasteiger partial charge on any atom is -0.488 e. The van der Waals surface area contributed by atoms with Crippen molar-refractivity contribution in [3.8, 4) is 11.8 Å². The van der Waals surface area contributed by atoms with Crippen LogP contribution in [0.5, 0.6) is 11.8 Å². The van der Waals surface area contributed by atoms with Crippen LogP contribution in [0.2, 0.25) is 0 Å². The van der Waals surface area contributed by atoms with Crippen LogP contribution in [-0.4, -0.2) is 53.8 Å². The predicted octanol–water partition coefficient (Wildman–Crippen LogP) is 3.50. The first-order valence-electron chi connectivity index (χ1n) is 10.1. The predicted molar refractivity (Wildman–Crippen MR) is 107 cm³/mol. The van der Waals surface area contributed by atoms with Crippen molar-refractivity contribution in [2.24, 2.45) is 0 Å². The number of alkyl halides is 2. The summed E-state index contributed by atoms with van der Waals surface area (Å²) in [5, 5.41) is 3.50. The van der Waals surface area contributed by atoms with Crippen molar-refractivity contribution in [1.29, 1.82) is 0 Å². The Kier molecular flexibility index (Phi) is 7.73. The normalized spacial score (nSPS) is 20.2. The fourth-order valence-electron chi connectivity index (χ4n) is 3.44. The zero-order valence-corrected chi connectivity index (χ0v) is 17.1. The molecule has 1 heterocycles. The maximum absolute atomic E-state index is 12.3. The molecule has 164 valence electrons. The highest BCUT2D eigenvalue weighted by Gasteiger charge is 2.24. The van der Waals surface area contributed by atoms with Crippen molar-refractivity contribution in [1.82, 2.24) is 15.3 Å². The lowest BCUT2D eigenvalue weighted by Crippen LogP contribution is -2.37. The van der Waals surface area contributed by atoms with E-state index in [0.717, 1.165) is 25.7 Å². The molecule has 1 aromatic carbocycles. The number of halogens is 2. The third-order valence-corrected chi connectivity index (χ3v) is 4.83. The van der Waals surface area contributed by atoms with Gasteiger partial charge in [-0.15, -0.1) is 0 Å². The van der Waals surface area contributed by atoms with Gasteiger partial charge < -0.3 is 19.5 Å². The van der Waals surface area contributed by atoms with E-state index in [1.165, 1.54) is 6.92 Å². The summed E-state index contributed by atoms with van der Waals surface area (Å²) < 4.78 is 41.4. The molecule has 1 aliphatic rings. The molecule has 0 bridgehead atoms. The molecule has 1 aromatic heterocycles. The number of amides is 1. The van der Waals surface area contributed by atoms with Gasteiger partial charge in [0.05, 0.1) is 18.2 Å². The van der Waals surface area contributed by atoms with Crippen molar-refractivity contribution in [3.63, 3.8) is 0 Å². The quantitative estimate of drug-likeness (QED) is 0.665. The fraction of sp³-hybridized carbons (Fsp3) is 0.571. The fourth-order valence-corrected chi connectivity index (χ4v) is 3.44.